The molecule has 1 aromatic rings. The van der Waals surface area contributed by atoms with Crippen LogP contribution in [0, 0.1) is 0 Å². The Bertz CT molecular complexity index is 427. The lowest BCUT2D eigenvalue weighted by atomic mass is 10.2. The van der Waals surface area contributed by atoms with Gasteiger partial charge in [-0.05, 0) is 43.9 Å². The molecule has 2 rings (SSSR count). The summed E-state index contributed by atoms with van der Waals surface area (Å²) in [6, 6.07) is 8.83. The van der Waals surface area contributed by atoms with E-state index < -0.39 is 0 Å². The molecule has 1 aliphatic rings. The van der Waals surface area contributed by atoms with E-state index in [-0.39, 0.29) is 18.6 Å². The summed E-state index contributed by atoms with van der Waals surface area (Å²) in [5, 5.41) is 6.34. The van der Waals surface area contributed by atoms with Crippen LogP contribution in [0.1, 0.15) is 38.7 Å². The van der Waals surface area contributed by atoms with Crippen molar-refractivity contribution in [3.63, 3.8) is 0 Å². The van der Waals surface area contributed by atoms with Crippen LogP contribution >= 0.6 is 0 Å². The molecule has 1 unspecified atom stereocenters. The lowest BCUT2D eigenvalue weighted by Crippen LogP contribution is -2.35. The molecule has 2 N–H and O–H groups in total. The maximum Gasteiger partial charge on any atom is 0.258 e. The van der Waals surface area contributed by atoms with Crippen molar-refractivity contribution in [1.82, 2.24) is 10.6 Å². The van der Waals surface area contributed by atoms with E-state index in [1.165, 1.54) is 18.4 Å². The number of carbonyl (C=O) groups is 1. The van der Waals surface area contributed by atoms with Gasteiger partial charge in [0.25, 0.3) is 5.91 Å². The molecule has 1 saturated carbocycles. The summed E-state index contributed by atoms with van der Waals surface area (Å²) in [5.74, 6) is 0.665. The highest BCUT2D eigenvalue weighted by Crippen LogP contribution is 2.19. The molecule has 20 heavy (non-hydrogen) atoms. The number of hydrogen-bond acceptors (Lipinski definition) is 3. The third-order valence-electron chi connectivity index (χ3n) is 3.49. The number of carbonyl (C=O) groups excluding carboxylic acids is 1. The third kappa shape index (κ3) is 5.21. The Morgan fingerprint density at radius 1 is 1.35 bits per heavy atom. The first kappa shape index (κ1) is 14.9. The molecule has 110 valence electrons. The minimum atomic E-state index is -0.0705. The lowest BCUT2D eigenvalue weighted by molar-refractivity contribution is -0.123. The van der Waals surface area contributed by atoms with Crippen molar-refractivity contribution in [1.29, 1.82) is 0 Å². The molecule has 0 spiro atoms. The van der Waals surface area contributed by atoms with Gasteiger partial charge >= 0.3 is 0 Å². The van der Waals surface area contributed by atoms with Crippen molar-refractivity contribution < 1.29 is 9.53 Å². The van der Waals surface area contributed by atoms with Crippen LogP contribution < -0.4 is 15.4 Å². The van der Waals surface area contributed by atoms with Crippen molar-refractivity contribution in [2.75, 3.05) is 6.61 Å². The average Bonchev–Trinajstić information content (AvgIpc) is 3.28. The van der Waals surface area contributed by atoms with Gasteiger partial charge in [-0.1, -0.05) is 19.1 Å². The highest BCUT2D eigenvalue weighted by Gasteiger charge is 2.19. The van der Waals surface area contributed by atoms with Crippen LogP contribution in [0.15, 0.2) is 24.3 Å². The molecule has 1 atom stereocenters. The minimum Gasteiger partial charge on any atom is -0.484 e. The molecular formula is C16H24N2O2. The average molecular weight is 276 g/mol. The van der Waals surface area contributed by atoms with Gasteiger partial charge in [0.15, 0.2) is 6.61 Å². The molecular weight excluding hydrogens is 252 g/mol. The second kappa shape index (κ2) is 7.29. The quantitative estimate of drug-likeness (QED) is 0.765. The van der Waals surface area contributed by atoms with E-state index >= 15 is 0 Å². The molecule has 0 aromatic heterocycles. The summed E-state index contributed by atoms with van der Waals surface area (Å²) in [7, 11) is 0. The molecule has 4 heteroatoms. The zero-order valence-corrected chi connectivity index (χ0v) is 12.3. The molecule has 0 heterocycles. The highest BCUT2D eigenvalue weighted by atomic mass is 16.5. The van der Waals surface area contributed by atoms with E-state index in [2.05, 4.69) is 10.6 Å². The Labute approximate surface area is 120 Å². The Morgan fingerprint density at radius 2 is 2.05 bits per heavy atom. The van der Waals surface area contributed by atoms with Crippen LogP contribution in [0.2, 0.25) is 0 Å². The van der Waals surface area contributed by atoms with Gasteiger partial charge in [-0.2, -0.15) is 0 Å². The van der Waals surface area contributed by atoms with E-state index in [4.69, 9.17) is 4.74 Å². The molecule has 0 aliphatic heterocycles. The smallest absolute Gasteiger partial charge is 0.258 e. The number of benzene rings is 1. The first-order valence-electron chi connectivity index (χ1n) is 7.42. The van der Waals surface area contributed by atoms with Crippen molar-refractivity contribution in [3.05, 3.63) is 29.8 Å². The molecule has 4 nitrogen and oxygen atoms in total. The summed E-state index contributed by atoms with van der Waals surface area (Å²) in [4.78, 5) is 11.6. The fourth-order valence-corrected chi connectivity index (χ4v) is 1.82. The highest BCUT2D eigenvalue weighted by molar-refractivity contribution is 5.77. The Hall–Kier alpha value is -1.55. The van der Waals surface area contributed by atoms with E-state index in [0.717, 1.165) is 24.8 Å². The Kier molecular flexibility index (Phi) is 5.41. The van der Waals surface area contributed by atoms with Gasteiger partial charge in [0.2, 0.25) is 0 Å². The summed E-state index contributed by atoms with van der Waals surface area (Å²) < 4.78 is 5.47. The maximum absolute atomic E-state index is 11.6. The predicted octanol–water partition coefficient (Wildman–Crippen LogP) is 2.23. The van der Waals surface area contributed by atoms with Crippen molar-refractivity contribution >= 4 is 5.91 Å². The molecule has 0 bridgehead atoms. The largest absolute Gasteiger partial charge is 0.484 e. The molecule has 1 amide bonds. The van der Waals surface area contributed by atoms with Crippen molar-refractivity contribution in [2.45, 2.75) is 51.7 Å². The van der Waals surface area contributed by atoms with Gasteiger partial charge in [0, 0.05) is 18.6 Å². The topological polar surface area (TPSA) is 50.4 Å². The lowest BCUT2D eigenvalue weighted by Gasteiger charge is -2.12. The van der Waals surface area contributed by atoms with Gasteiger partial charge in [-0.15, -0.1) is 0 Å². The summed E-state index contributed by atoms with van der Waals surface area (Å²) >= 11 is 0. The number of ether oxygens (including phenoxy) is 1. The minimum absolute atomic E-state index is 0.0705. The Balaban J connectivity index is 1.71. The van der Waals surface area contributed by atoms with Gasteiger partial charge in [-0.25, -0.2) is 0 Å². The van der Waals surface area contributed by atoms with Gasteiger partial charge in [-0.3, -0.25) is 4.79 Å². The summed E-state index contributed by atoms with van der Waals surface area (Å²) in [5.41, 5.74) is 1.24. The maximum atomic E-state index is 11.6. The summed E-state index contributed by atoms with van der Waals surface area (Å²) in [6.07, 6.45) is 3.52. The second-order valence-corrected chi connectivity index (χ2v) is 5.46. The molecule has 1 fully saturated rings. The van der Waals surface area contributed by atoms with E-state index in [1.807, 2.05) is 38.1 Å². The van der Waals surface area contributed by atoms with Crippen LogP contribution in [0.4, 0.5) is 0 Å². The zero-order chi connectivity index (χ0) is 14.4. The third-order valence-corrected chi connectivity index (χ3v) is 3.49. The SMILES string of the molecule is CCC(C)NC(=O)COc1ccc(CNC2CC2)cc1. The normalized spacial score (nSPS) is 15.7. The van der Waals surface area contributed by atoms with E-state index in [1.54, 1.807) is 0 Å². The van der Waals surface area contributed by atoms with Crippen LogP contribution in [0.25, 0.3) is 0 Å². The first-order chi connectivity index (χ1) is 9.67. The fourth-order valence-electron chi connectivity index (χ4n) is 1.82. The molecule has 1 aliphatic carbocycles. The zero-order valence-electron chi connectivity index (χ0n) is 12.3. The molecule has 0 radical (unpaired) electrons. The van der Waals surface area contributed by atoms with Gasteiger partial charge < -0.3 is 15.4 Å². The number of hydrogen-bond donors (Lipinski definition) is 2. The molecule has 0 saturated heterocycles. The van der Waals surface area contributed by atoms with Crippen LogP contribution in [-0.4, -0.2) is 24.6 Å². The summed E-state index contributed by atoms with van der Waals surface area (Å²) in [6.45, 7) is 5.00. The first-order valence-corrected chi connectivity index (χ1v) is 7.42. The fraction of sp³-hybridized carbons (Fsp3) is 0.562. The molecule has 1 aromatic carbocycles. The van der Waals surface area contributed by atoms with Gasteiger partial charge in [0.05, 0.1) is 0 Å². The van der Waals surface area contributed by atoms with E-state index in [9.17, 15) is 4.79 Å². The Morgan fingerprint density at radius 3 is 2.65 bits per heavy atom. The van der Waals surface area contributed by atoms with Crippen molar-refractivity contribution in [2.24, 2.45) is 0 Å². The standard InChI is InChI=1S/C16H24N2O2/c1-3-12(2)18-16(19)11-20-15-8-4-13(5-9-15)10-17-14-6-7-14/h4-5,8-9,12,14,17H,3,6-7,10-11H2,1-2H3,(H,18,19). The number of amides is 1. The van der Waals surface area contributed by atoms with Crippen LogP contribution in [0.5, 0.6) is 5.75 Å². The second-order valence-electron chi connectivity index (χ2n) is 5.46. The van der Waals surface area contributed by atoms with Crippen LogP contribution in [0.3, 0.4) is 0 Å². The number of rotatable bonds is 8. The number of nitrogens with one attached hydrogen (secondary N) is 2. The predicted molar refractivity (Wildman–Crippen MR) is 79.7 cm³/mol. The monoisotopic (exact) mass is 276 g/mol. The van der Waals surface area contributed by atoms with E-state index in [0.29, 0.717) is 0 Å². The van der Waals surface area contributed by atoms with Crippen LogP contribution in [-0.2, 0) is 11.3 Å². The van der Waals surface area contributed by atoms with Gasteiger partial charge in [0.1, 0.15) is 5.75 Å². The van der Waals surface area contributed by atoms with Crippen molar-refractivity contribution in [3.8, 4) is 5.75 Å².